The molecule has 7 heteroatoms. The molecule has 2 N–H and O–H groups in total. The lowest BCUT2D eigenvalue weighted by Gasteiger charge is -2.12. The van der Waals surface area contributed by atoms with Crippen LogP contribution in [-0.4, -0.2) is 21.0 Å². The number of rotatable bonds is 4. The zero-order valence-electron chi connectivity index (χ0n) is 11.5. The first-order valence-corrected chi connectivity index (χ1v) is 6.12. The summed E-state index contributed by atoms with van der Waals surface area (Å²) in [6.07, 6.45) is 0. The molecule has 0 unspecified atom stereocenters. The van der Waals surface area contributed by atoms with E-state index in [1.807, 2.05) is 6.92 Å². The largest absolute Gasteiger partial charge is 0.478 e. The minimum atomic E-state index is -1.24. The molecule has 2 aromatic rings. The molecule has 0 saturated carbocycles. The van der Waals surface area contributed by atoms with Gasteiger partial charge in [-0.05, 0) is 32.0 Å². The summed E-state index contributed by atoms with van der Waals surface area (Å²) < 4.78 is 0. The van der Waals surface area contributed by atoms with Crippen LogP contribution in [-0.2, 0) is 0 Å². The number of nitrogens with one attached hydrogen (secondary N) is 1. The van der Waals surface area contributed by atoms with E-state index in [2.05, 4.69) is 10.3 Å². The van der Waals surface area contributed by atoms with E-state index in [9.17, 15) is 20.0 Å². The van der Waals surface area contributed by atoms with E-state index >= 15 is 0 Å². The summed E-state index contributed by atoms with van der Waals surface area (Å²) >= 11 is 0. The number of para-hydroxylation sites is 1. The predicted octanol–water partition coefficient (Wildman–Crippen LogP) is 3.05. The van der Waals surface area contributed by atoms with Crippen LogP contribution in [0.5, 0.6) is 0 Å². The second-order valence-corrected chi connectivity index (χ2v) is 4.47. The summed E-state index contributed by atoms with van der Waals surface area (Å²) in [6, 6.07) is 7.36. The van der Waals surface area contributed by atoms with Crippen molar-refractivity contribution in [1.29, 1.82) is 0 Å². The molecule has 0 aliphatic heterocycles. The second kappa shape index (κ2) is 5.58. The minimum Gasteiger partial charge on any atom is -0.478 e. The molecule has 0 aliphatic carbocycles. The van der Waals surface area contributed by atoms with Gasteiger partial charge in [-0.25, -0.2) is 4.79 Å². The number of pyridine rings is 1. The van der Waals surface area contributed by atoms with E-state index in [4.69, 9.17) is 0 Å². The fraction of sp³-hybridized carbons (Fsp3) is 0.143. The fourth-order valence-electron chi connectivity index (χ4n) is 1.96. The summed E-state index contributed by atoms with van der Waals surface area (Å²) in [4.78, 5) is 26.0. The highest BCUT2D eigenvalue weighted by Crippen LogP contribution is 2.32. The zero-order chi connectivity index (χ0) is 15.6. The van der Waals surface area contributed by atoms with Gasteiger partial charge in [0.15, 0.2) is 0 Å². The number of carbonyl (C=O) groups is 1. The van der Waals surface area contributed by atoms with Crippen molar-refractivity contribution in [3.63, 3.8) is 0 Å². The Labute approximate surface area is 120 Å². The average Bonchev–Trinajstić information content (AvgIpc) is 2.41. The van der Waals surface area contributed by atoms with Crippen molar-refractivity contribution in [2.45, 2.75) is 13.8 Å². The van der Waals surface area contributed by atoms with Crippen LogP contribution in [0.15, 0.2) is 30.3 Å². The summed E-state index contributed by atoms with van der Waals surface area (Å²) in [6.45, 7) is 3.56. The summed E-state index contributed by atoms with van der Waals surface area (Å²) in [5, 5.41) is 23.1. The Balaban J connectivity index is 2.56. The average molecular weight is 287 g/mol. The topological polar surface area (TPSA) is 105 Å². The molecule has 0 saturated heterocycles. The molecule has 0 atom stereocenters. The van der Waals surface area contributed by atoms with Crippen molar-refractivity contribution in [1.82, 2.24) is 4.98 Å². The van der Waals surface area contributed by atoms with Crippen molar-refractivity contribution in [3.05, 3.63) is 57.4 Å². The third-order valence-electron chi connectivity index (χ3n) is 2.95. The van der Waals surface area contributed by atoms with Crippen LogP contribution in [0.4, 0.5) is 17.1 Å². The van der Waals surface area contributed by atoms with Crippen molar-refractivity contribution >= 4 is 23.0 Å². The van der Waals surface area contributed by atoms with Crippen LogP contribution >= 0.6 is 0 Å². The maximum atomic E-state index is 11.2. The molecular weight excluding hydrogens is 274 g/mol. The van der Waals surface area contributed by atoms with Crippen LogP contribution in [0.25, 0.3) is 0 Å². The highest BCUT2D eigenvalue weighted by molar-refractivity contribution is 5.98. The summed E-state index contributed by atoms with van der Waals surface area (Å²) in [7, 11) is 0. The number of nitro benzene ring substituents is 1. The van der Waals surface area contributed by atoms with Crippen molar-refractivity contribution in [2.75, 3.05) is 5.32 Å². The number of hydrogen-bond donors (Lipinski definition) is 2. The van der Waals surface area contributed by atoms with E-state index < -0.39 is 10.9 Å². The SMILES string of the molecule is Cc1ccc(Nc2c(C(=O)O)cccc2[N+](=O)[O-])c(C)n1. The molecule has 1 heterocycles. The number of aryl methyl sites for hydroxylation is 2. The molecule has 0 aliphatic rings. The molecule has 1 aromatic carbocycles. The van der Waals surface area contributed by atoms with E-state index in [1.165, 1.54) is 18.2 Å². The number of aromatic carboxylic acids is 1. The third-order valence-corrected chi connectivity index (χ3v) is 2.95. The molecule has 0 bridgehead atoms. The van der Waals surface area contributed by atoms with Gasteiger partial charge in [0.05, 0.1) is 21.9 Å². The number of nitrogens with zero attached hydrogens (tertiary/aromatic N) is 2. The van der Waals surface area contributed by atoms with E-state index in [0.717, 1.165) is 5.69 Å². The lowest BCUT2D eigenvalue weighted by molar-refractivity contribution is -0.383. The number of nitro groups is 1. The molecule has 1 aromatic heterocycles. The van der Waals surface area contributed by atoms with Crippen LogP contribution in [0.1, 0.15) is 21.7 Å². The number of anilines is 2. The molecule has 0 amide bonds. The van der Waals surface area contributed by atoms with Gasteiger partial charge in [0, 0.05) is 11.8 Å². The Morgan fingerprint density at radius 2 is 2.00 bits per heavy atom. The van der Waals surface area contributed by atoms with Crippen molar-refractivity contribution < 1.29 is 14.8 Å². The van der Waals surface area contributed by atoms with Crippen LogP contribution in [0, 0.1) is 24.0 Å². The molecule has 7 nitrogen and oxygen atoms in total. The Morgan fingerprint density at radius 3 is 2.57 bits per heavy atom. The predicted molar refractivity (Wildman–Crippen MR) is 77.0 cm³/mol. The Bertz CT molecular complexity index is 696. The number of benzene rings is 1. The second-order valence-electron chi connectivity index (χ2n) is 4.47. The maximum Gasteiger partial charge on any atom is 0.338 e. The number of carboxylic acids is 1. The van der Waals surface area contributed by atoms with Gasteiger partial charge in [-0.3, -0.25) is 15.1 Å². The maximum absolute atomic E-state index is 11.2. The lowest BCUT2D eigenvalue weighted by Crippen LogP contribution is -2.07. The first-order valence-electron chi connectivity index (χ1n) is 6.12. The van der Waals surface area contributed by atoms with Gasteiger partial charge in [0.2, 0.25) is 0 Å². The standard InChI is InChI=1S/C14H13N3O4/c1-8-6-7-11(9(2)15-8)16-13-10(14(18)19)4-3-5-12(13)17(20)21/h3-7,16H,1-2H3,(H,18,19). The van der Waals surface area contributed by atoms with Gasteiger partial charge < -0.3 is 10.4 Å². The Morgan fingerprint density at radius 1 is 1.29 bits per heavy atom. The van der Waals surface area contributed by atoms with E-state index in [0.29, 0.717) is 11.4 Å². The van der Waals surface area contributed by atoms with Gasteiger partial charge in [-0.15, -0.1) is 0 Å². The summed E-state index contributed by atoms with van der Waals surface area (Å²) in [5.74, 6) is -1.24. The van der Waals surface area contributed by atoms with Gasteiger partial charge >= 0.3 is 5.97 Å². The number of carboxylic acid groups (broad SMARTS) is 1. The normalized spacial score (nSPS) is 10.2. The highest BCUT2D eigenvalue weighted by Gasteiger charge is 2.22. The molecule has 21 heavy (non-hydrogen) atoms. The Hall–Kier alpha value is -2.96. The molecule has 2 rings (SSSR count). The molecular formula is C14H13N3O4. The van der Waals surface area contributed by atoms with Gasteiger partial charge in [-0.2, -0.15) is 0 Å². The van der Waals surface area contributed by atoms with Gasteiger partial charge in [0.25, 0.3) is 5.69 Å². The zero-order valence-corrected chi connectivity index (χ0v) is 11.5. The minimum absolute atomic E-state index is 0.0521. The van der Waals surface area contributed by atoms with Crippen molar-refractivity contribution in [2.24, 2.45) is 0 Å². The van der Waals surface area contributed by atoms with Crippen molar-refractivity contribution in [3.8, 4) is 0 Å². The smallest absolute Gasteiger partial charge is 0.338 e. The molecule has 108 valence electrons. The van der Waals surface area contributed by atoms with E-state index in [1.54, 1.807) is 19.1 Å². The number of aromatic nitrogens is 1. The third kappa shape index (κ3) is 2.97. The van der Waals surface area contributed by atoms with Crippen LogP contribution in [0.3, 0.4) is 0 Å². The Kier molecular flexibility index (Phi) is 3.84. The summed E-state index contributed by atoms with van der Waals surface area (Å²) in [5.41, 5.74) is 1.45. The monoisotopic (exact) mass is 287 g/mol. The fourth-order valence-corrected chi connectivity index (χ4v) is 1.96. The van der Waals surface area contributed by atoms with Gasteiger partial charge in [0.1, 0.15) is 5.69 Å². The molecule has 0 radical (unpaired) electrons. The molecule has 0 fully saturated rings. The van der Waals surface area contributed by atoms with E-state index in [-0.39, 0.29) is 16.9 Å². The van der Waals surface area contributed by atoms with Crippen LogP contribution < -0.4 is 5.32 Å². The first-order chi connectivity index (χ1) is 9.90. The number of hydrogen-bond acceptors (Lipinski definition) is 5. The van der Waals surface area contributed by atoms with Crippen LogP contribution in [0.2, 0.25) is 0 Å². The lowest BCUT2D eigenvalue weighted by atomic mass is 10.1. The van der Waals surface area contributed by atoms with Gasteiger partial charge in [-0.1, -0.05) is 6.07 Å². The first kappa shape index (κ1) is 14.4. The molecule has 0 spiro atoms. The highest BCUT2D eigenvalue weighted by atomic mass is 16.6. The quantitative estimate of drug-likeness (QED) is 0.661.